The van der Waals surface area contributed by atoms with E-state index in [1.54, 1.807) is 4.90 Å². The number of amides is 1. The highest BCUT2D eigenvalue weighted by Crippen LogP contribution is 2.40. The summed E-state index contributed by atoms with van der Waals surface area (Å²) in [6, 6.07) is 5.95. The van der Waals surface area contributed by atoms with Crippen molar-refractivity contribution in [2.45, 2.75) is 38.8 Å². The molecule has 2 unspecified atom stereocenters. The molecule has 1 N–H and O–H groups in total. The van der Waals surface area contributed by atoms with Crippen LogP contribution < -0.4 is 4.74 Å². The van der Waals surface area contributed by atoms with Crippen LogP contribution in [0, 0.1) is 18.9 Å². The predicted molar refractivity (Wildman–Crippen MR) is 133 cm³/mol. The Morgan fingerprint density at radius 1 is 1.32 bits per heavy atom. The number of benzene rings is 1. The van der Waals surface area contributed by atoms with Gasteiger partial charge < -0.3 is 18.5 Å². The fourth-order valence-corrected chi connectivity index (χ4v) is 4.98. The van der Waals surface area contributed by atoms with Crippen LogP contribution in [-0.2, 0) is 17.8 Å². The Labute approximate surface area is 217 Å². The third-order valence-corrected chi connectivity index (χ3v) is 6.94. The predicted octanol–water partition coefficient (Wildman–Crippen LogP) is 4.58. The average Bonchev–Trinajstić information content (AvgIpc) is 3.74. The highest BCUT2D eigenvalue weighted by Gasteiger charge is 2.31. The van der Waals surface area contributed by atoms with Crippen LogP contribution in [0.1, 0.15) is 47.3 Å². The van der Waals surface area contributed by atoms with Crippen LogP contribution in [0.15, 0.2) is 57.7 Å². The van der Waals surface area contributed by atoms with Gasteiger partial charge in [-0.3, -0.25) is 4.79 Å². The van der Waals surface area contributed by atoms with E-state index < -0.39 is 6.01 Å². The molecule has 38 heavy (non-hydrogen) atoms. The standard InChI is InChI=1S/C27H25FN6O4/c1-16-25(29-15-36-16)26(17-4-2-3-5-17)38-22-13-19-14-34(24(35)9-7-20-6-8-23(28)37-20)11-10-18(19)12-21(22)27-30-32-33-31-27/h2,4,6-9,12-13,15,17,26H,3,5,10-11,14H2,1H3,(H,30,31,32,33)/b9-7+. The number of nitrogens with zero attached hydrogens (tertiary/aromatic N) is 5. The SMILES string of the molecule is Cc1ocnc1C(Oc1cc2c(cc1-c1nn[nH]n1)CCN(C(=O)/C=C/c1ccc(F)o1)C2)C1C=CCC1. The van der Waals surface area contributed by atoms with Gasteiger partial charge in [0, 0.05) is 31.1 Å². The topological polar surface area (TPSA) is 123 Å². The number of tetrazole rings is 1. The summed E-state index contributed by atoms with van der Waals surface area (Å²) >= 11 is 0. The number of nitrogens with one attached hydrogen (secondary N) is 1. The van der Waals surface area contributed by atoms with Gasteiger partial charge in [-0.05, 0) is 66.8 Å². The van der Waals surface area contributed by atoms with Crippen molar-refractivity contribution >= 4 is 12.0 Å². The number of carbonyl (C=O) groups is 1. The fourth-order valence-electron chi connectivity index (χ4n) is 4.98. The Morgan fingerprint density at radius 3 is 2.95 bits per heavy atom. The molecule has 4 aromatic rings. The molecule has 194 valence electrons. The van der Waals surface area contributed by atoms with Crippen molar-refractivity contribution in [2.24, 2.45) is 5.92 Å². The monoisotopic (exact) mass is 516 g/mol. The highest BCUT2D eigenvalue weighted by molar-refractivity contribution is 5.91. The summed E-state index contributed by atoms with van der Waals surface area (Å²) in [6.07, 6.45) is 10.8. The Hall–Kier alpha value is -4.54. The van der Waals surface area contributed by atoms with Crippen molar-refractivity contribution < 1.29 is 22.8 Å². The molecule has 0 bridgehead atoms. The molecule has 1 aromatic carbocycles. The van der Waals surface area contributed by atoms with Crippen LogP contribution in [0.3, 0.4) is 0 Å². The van der Waals surface area contributed by atoms with Gasteiger partial charge in [0.1, 0.15) is 23.0 Å². The third-order valence-electron chi connectivity index (χ3n) is 6.94. The zero-order valence-electron chi connectivity index (χ0n) is 20.6. The van der Waals surface area contributed by atoms with Crippen LogP contribution in [0.4, 0.5) is 4.39 Å². The Morgan fingerprint density at radius 2 is 2.24 bits per heavy atom. The van der Waals surface area contributed by atoms with E-state index in [1.807, 2.05) is 19.1 Å². The summed E-state index contributed by atoms with van der Waals surface area (Å²) in [7, 11) is 0. The zero-order valence-corrected chi connectivity index (χ0v) is 20.6. The lowest BCUT2D eigenvalue weighted by Gasteiger charge is -2.30. The summed E-state index contributed by atoms with van der Waals surface area (Å²) in [5.41, 5.74) is 3.50. The number of aromatic nitrogens is 5. The molecule has 11 heteroatoms. The number of rotatable bonds is 7. The van der Waals surface area contributed by atoms with E-state index in [2.05, 4.69) is 37.8 Å². The molecule has 2 atom stereocenters. The summed E-state index contributed by atoms with van der Waals surface area (Å²) < 4.78 is 30.2. The van der Waals surface area contributed by atoms with Gasteiger partial charge in [0.05, 0.1) is 5.56 Å². The number of oxazole rings is 1. The summed E-state index contributed by atoms with van der Waals surface area (Å²) in [4.78, 5) is 19.1. The van der Waals surface area contributed by atoms with Gasteiger partial charge >= 0.3 is 0 Å². The molecule has 4 heterocycles. The normalized spacial score (nSPS) is 17.7. The van der Waals surface area contributed by atoms with E-state index >= 15 is 0 Å². The van der Waals surface area contributed by atoms with E-state index in [1.165, 1.54) is 30.7 Å². The van der Waals surface area contributed by atoms with Gasteiger partial charge in [-0.15, -0.1) is 10.2 Å². The molecule has 2 aliphatic rings. The highest BCUT2D eigenvalue weighted by atomic mass is 19.1. The van der Waals surface area contributed by atoms with Crippen molar-refractivity contribution in [3.05, 3.63) is 83.2 Å². The number of hydrogen-bond donors (Lipinski definition) is 1. The van der Waals surface area contributed by atoms with Crippen LogP contribution in [0.25, 0.3) is 17.5 Å². The van der Waals surface area contributed by atoms with Gasteiger partial charge in [0.25, 0.3) is 6.01 Å². The number of aryl methyl sites for hydroxylation is 1. The molecular weight excluding hydrogens is 491 g/mol. The second-order valence-electron chi connectivity index (χ2n) is 9.34. The van der Waals surface area contributed by atoms with Crippen LogP contribution in [0.2, 0.25) is 0 Å². The number of hydrogen-bond acceptors (Lipinski definition) is 8. The van der Waals surface area contributed by atoms with Gasteiger partial charge in [0.2, 0.25) is 11.7 Å². The van der Waals surface area contributed by atoms with Crippen molar-refractivity contribution in [3.63, 3.8) is 0 Å². The molecule has 1 aliphatic carbocycles. The van der Waals surface area contributed by atoms with Crippen molar-refractivity contribution in [3.8, 4) is 17.1 Å². The molecule has 6 rings (SSSR count). The minimum Gasteiger partial charge on any atom is -0.483 e. The summed E-state index contributed by atoms with van der Waals surface area (Å²) in [6.45, 7) is 2.80. The second kappa shape index (κ2) is 10.1. The molecule has 0 spiro atoms. The zero-order chi connectivity index (χ0) is 26.1. The second-order valence-corrected chi connectivity index (χ2v) is 9.34. The first-order valence-corrected chi connectivity index (χ1v) is 12.4. The fraction of sp³-hybridized carbons (Fsp3) is 0.296. The number of ether oxygens (including phenoxy) is 1. The Kier molecular flexibility index (Phi) is 6.32. The first-order valence-electron chi connectivity index (χ1n) is 12.4. The van der Waals surface area contributed by atoms with E-state index in [4.69, 9.17) is 13.6 Å². The quantitative estimate of drug-likeness (QED) is 0.280. The molecule has 10 nitrogen and oxygen atoms in total. The summed E-state index contributed by atoms with van der Waals surface area (Å²) in [5.74, 6) is 1.92. The van der Waals surface area contributed by atoms with Crippen LogP contribution in [-0.4, -0.2) is 43.0 Å². The summed E-state index contributed by atoms with van der Waals surface area (Å²) in [5, 5.41) is 14.6. The van der Waals surface area contributed by atoms with Crippen LogP contribution in [0.5, 0.6) is 5.75 Å². The maximum Gasteiger partial charge on any atom is 0.278 e. The average molecular weight is 517 g/mol. The van der Waals surface area contributed by atoms with E-state index in [0.717, 1.165) is 29.7 Å². The maximum atomic E-state index is 13.1. The minimum absolute atomic E-state index is 0.127. The number of allylic oxidation sites excluding steroid dienone is 1. The van der Waals surface area contributed by atoms with Crippen molar-refractivity contribution in [1.29, 1.82) is 0 Å². The molecule has 1 amide bonds. The lowest BCUT2D eigenvalue weighted by atomic mass is 9.95. The van der Waals surface area contributed by atoms with Crippen LogP contribution >= 0.6 is 0 Å². The van der Waals surface area contributed by atoms with Crippen molar-refractivity contribution in [2.75, 3.05) is 6.54 Å². The molecule has 0 fully saturated rings. The molecular formula is C27H25FN6O4. The molecule has 0 radical (unpaired) electrons. The first-order chi connectivity index (χ1) is 18.5. The van der Waals surface area contributed by atoms with Gasteiger partial charge in [-0.1, -0.05) is 12.2 Å². The minimum atomic E-state index is -0.693. The Balaban J connectivity index is 1.31. The maximum absolute atomic E-state index is 13.1. The number of fused-ring (bicyclic) bond motifs is 1. The molecule has 0 saturated carbocycles. The number of aromatic amines is 1. The Bertz CT molecular complexity index is 1510. The van der Waals surface area contributed by atoms with E-state index in [-0.39, 0.29) is 23.7 Å². The molecule has 3 aromatic heterocycles. The number of H-pyrrole nitrogens is 1. The van der Waals surface area contributed by atoms with Crippen molar-refractivity contribution in [1.82, 2.24) is 30.5 Å². The smallest absolute Gasteiger partial charge is 0.278 e. The molecule has 1 aliphatic heterocycles. The number of halogens is 1. The van der Waals surface area contributed by atoms with Gasteiger partial charge in [-0.25, -0.2) is 4.98 Å². The number of carbonyl (C=O) groups excluding carboxylic acids is 1. The third kappa shape index (κ3) is 4.74. The van der Waals surface area contributed by atoms with Gasteiger partial charge in [0.15, 0.2) is 12.5 Å². The number of furan rings is 1. The largest absolute Gasteiger partial charge is 0.483 e. The van der Waals surface area contributed by atoms with E-state index in [0.29, 0.717) is 42.4 Å². The van der Waals surface area contributed by atoms with E-state index in [9.17, 15) is 9.18 Å². The van der Waals surface area contributed by atoms with Gasteiger partial charge in [-0.2, -0.15) is 9.60 Å². The lowest BCUT2D eigenvalue weighted by molar-refractivity contribution is -0.126. The molecule has 0 saturated heterocycles. The first kappa shape index (κ1) is 23.8. The lowest BCUT2D eigenvalue weighted by Crippen LogP contribution is -2.34.